The number of aromatic nitrogens is 2. The zero-order chi connectivity index (χ0) is 21.6. The molecule has 4 rings (SSSR count). The fourth-order valence-corrected chi connectivity index (χ4v) is 3.98. The molecule has 0 aliphatic heterocycles. The minimum absolute atomic E-state index is 0.137. The van der Waals surface area contributed by atoms with Crippen LogP contribution < -0.4 is 15.4 Å². The molecule has 0 saturated heterocycles. The Hall–Kier alpha value is -3.42. The van der Waals surface area contributed by atoms with Gasteiger partial charge in [-0.25, -0.2) is 9.97 Å². The van der Waals surface area contributed by atoms with Crippen LogP contribution in [0.15, 0.2) is 72.9 Å². The molecule has 0 aliphatic carbocycles. The number of methoxy groups -OCH3 is 1. The van der Waals surface area contributed by atoms with Crippen molar-refractivity contribution in [1.82, 2.24) is 15.3 Å². The molecule has 0 aliphatic rings. The van der Waals surface area contributed by atoms with E-state index >= 15 is 0 Å². The predicted molar refractivity (Wildman–Crippen MR) is 124 cm³/mol. The smallest absolute Gasteiger partial charge is 0.261 e. The van der Waals surface area contributed by atoms with E-state index in [1.165, 1.54) is 11.3 Å². The van der Waals surface area contributed by atoms with E-state index in [0.717, 1.165) is 27.6 Å². The summed E-state index contributed by atoms with van der Waals surface area (Å²) < 4.78 is 5.17. The number of carbonyl (C=O) groups is 1. The summed E-state index contributed by atoms with van der Waals surface area (Å²) in [5.74, 6) is 1.12. The van der Waals surface area contributed by atoms with Crippen molar-refractivity contribution in [3.05, 3.63) is 88.4 Å². The minimum atomic E-state index is -0.137. The highest BCUT2D eigenvalue weighted by Crippen LogP contribution is 2.28. The first-order chi connectivity index (χ1) is 15.1. The third-order valence-electron chi connectivity index (χ3n) is 4.43. The van der Waals surface area contributed by atoms with E-state index in [9.17, 15) is 4.79 Å². The number of nitrogens with one attached hydrogen (secondary N) is 2. The van der Waals surface area contributed by atoms with Crippen molar-refractivity contribution in [3.8, 4) is 16.3 Å². The van der Waals surface area contributed by atoms with Gasteiger partial charge in [-0.1, -0.05) is 23.7 Å². The van der Waals surface area contributed by atoms with Crippen LogP contribution in [0.3, 0.4) is 0 Å². The molecule has 31 heavy (non-hydrogen) atoms. The van der Waals surface area contributed by atoms with Crippen LogP contribution >= 0.6 is 22.9 Å². The first kappa shape index (κ1) is 20.8. The molecule has 2 aromatic heterocycles. The maximum atomic E-state index is 12.5. The van der Waals surface area contributed by atoms with Crippen LogP contribution in [-0.2, 0) is 6.54 Å². The lowest BCUT2D eigenvalue weighted by molar-refractivity contribution is 0.0955. The molecular formula is C23H19ClN4O2S. The third-order valence-corrected chi connectivity index (χ3v) is 5.77. The predicted octanol–water partition coefficient (Wildman–Crippen LogP) is 5.54. The van der Waals surface area contributed by atoms with Crippen molar-refractivity contribution >= 4 is 40.5 Å². The zero-order valence-corrected chi connectivity index (χ0v) is 18.2. The van der Waals surface area contributed by atoms with Crippen molar-refractivity contribution in [1.29, 1.82) is 0 Å². The van der Waals surface area contributed by atoms with Gasteiger partial charge in [0.05, 0.1) is 22.6 Å². The molecule has 4 aromatic rings. The summed E-state index contributed by atoms with van der Waals surface area (Å²) in [7, 11) is 1.63. The molecule has 8 heteroatoms. The molecule has 0 spiro atoms. The second-order valence-corrected chi connectivity index (χ2v) is 8.12. The van der Waals surface area contributed by atoms with Gasteiger partial charge in [0.2, 0.25) is 5.95 Å². The average Bonchev–Trinajstić information content (AvgIpc) is 3.29. The van der Waals surface area contributed by atoms with Gasteiger partial charge in [0.15, 0.2) is 0 Å². The molecule has 2 heterocycles. The molecule has 2 aromatic carbocycles. The number of halogens is 1. The van der Waals surface area contributed by atoms with E-state index in [1.807, 2.05) is 54.6 Å². The molecule has 0 fully saturated rings. The quantitative estimate of drug-likeness (QED) is 0.386. The van der Waals surface area contributed by atoms with Gasteiger partial charge >= 0.3 is 0 Å². The van der Waals surface area contributed by atoms with Crippen LogP contribution in [0.25, 0.3) is 10.6 Å². The van der Waals surface area contributed by atoms with Gasteiger partial charge in [-0.2, -0.15) is 0 Å². The summed E-state index contributed by atoms with van der Waals surface area (Å²) in [6.07, 6.45) is 1.69. The number of carbonyl (C=O) groups excluding carboxylic acids is 1. The van der Waals surface area contributed by atoms with Crippen LogP contribution in [-0.4, -0.2) is 23.0 Å². The van der Waals surface area contributed by atoms with Gasteiger partial charge in [-0.05, 0) is 60.2 Å². The van der Waals surface area contributed by atoms with Crippen molar-refractivity contribution < 1.29 is 9.53 Å². The van der Waals surface area contributed by atoms with E-state index in [4.69, 9.17) is 16.3 Å². The number of benzene rings is 2. The number of amides is 1. The summed E-state index contributed by atoms with van der Waals surface area (Å²) in [5.41, 5.74) is 2.54. The standard InChI is InChI=1S/C23H19ClN4O2S/c1-30-18-7-5-17(6-8-18)27-23-25-12-11-19(28-23)20-9-10-21(31-20)22(29)26-14-15-3-2-4-16(24)13-15/h2-13H,14H2,1H3,(H,26,29)(H,25,27,28). The highest BCUT2D eigenvalue weighted by Gasteiger charge is 2.12. The first-order valence-corrected chi connectivity index (χ1v) is 10.7. The van der Waals surface area contributed by atoms with Crippen LogP contribution in [0.4, 0.5) is 11.6 Å². The highest BCUT2D eigenvalue weighted by molar-refractivity contribution is 7.17. The molecular weight excluding hydrogens is 432 g/mol. The molecule has 6 nitrogen and oxygen atoms in total. The Morgan fingerprint density at radius 1 is 1.10 bits per heavy atom. The van der Waals surface area contributed by atoms with E-state index in [2.05, 4.69) is 20.6 Å². The van der Waals surface area contributed by atoms with Gasteiger partial charge in [-0.3, -0.25) is 4.79 Å². The maximum absolute atomic E-state index is 12.5. The van der Waals surface area contributed by atoms with E-state index in [-0.39, 0.29) is 5.91 Å². The van der Waals surface area contributed by atoms with Gasteiger partial charge < -0.3 is 15.4 Å². The van der Waals surface area contributed by atoms with Crippen molar-refractivity contribution in [2.45, 2.75) is 6.54 Å². The minimum Gasteiger partial charge on any atom is -0.497 e. The van der Waals surface area contributed by atoms with E-state index in [0.29, 0.717) is 22.4 Å². The number of hydrogen-bond donors (Lipinski definition) is 2. The Labute approximate surface area is 188 Å². The topological polar surface area (TPSA) is 76.1 Å². The maximum Gasteiger partial charge on any atom is 0.261 e. The Morgan fingerprint density at radius 2 is 1.94 bits per heavy atom. The summed E-state index contributed by atoms with van der Waals surface area (Å²) in [6.45, 7) is 0.413. The van der Waals surface area contributed by atoms with E-state index in [1.54, 1.807) is 25.4 Å². The molecule has 156 valence electrons. The first-order valence-electron chi connectivity index (χ1n) is 9.48. The fraction of sp³-hybridized carbons (Fsp3) is 0.0870. The second-order valence-electron chi connectivity index (χ2n) is 6.60. The molecule has 0 radical (unpaired) electrons. The van der Waals surface area contributed by atoms with Crippen molar-refractivity contribution in [2.24, 2.45) is 0 Å². The number of nitrogens with zero attached hydrogens (tertiary/aromatic N) is 2. The summed E-state index contributed by atoms with van der Waals surface area (Å²) in [4.78, 5) is 22.9. The largest absolute Gasteiger partial charge is 0.497 e. The van der Waals surface area contributed by atoms with Crippen LogP contribution in [0.2, 0.25) is 5.02 Å². The van der Waals surface area contributed by atoms with Crippen molar-refractivity contribution in [2.75, 3.05) is 12.4 Å². The number of ether oxygens (including phenoxy) is 1. The molecule has 0 bridgehead atoms. The normalized spacial score (nSPS) is 10.5. The van der Waals surface area contributed by atoms with Gasteiger partial charge in [0.25, 0.3) is 5.91 Å². The number of anilines is 2. The third kappa shape index (κ3) is 5.39. The lowest BCUT2D eigenvalue weighted by Gasteiger charge is -2.07. The summed E-state index contributed by atoms with van der Waals surface area (Å²) in [6, 6.07) is 20.4. The van der Waals surface area contributed by atoms with Crippen LogP contribution in [0.1, 0.15) is 15.2 Å². The van der Waals surface area contributed by atoms with E-state index < -0.39 is 0 Å². The second kappa shape index (κ2) is 9.59. The van der Waals surface area contributed by atoms with Crippen molar-refractivity contribution in [3.63, 3.8) is 0 Å². The average molecular weight is 451 g/mol. The number of hydrogen-bond acceptors (Lipinski definition) is 6. The molecule has 0 saturated carbocycles. The van der Waals surface area contributed by atoms with Gasteiger partial charge in [-0.15, -0.1) is 11.3 Å². The van der Waals surface area contributed by atoms with Gasteiger partial charge in [0.1, 0.15) is 5.75 Å². The SMILES string of the molecule is COc1ccc(Nc2nccc(-c3ccc(C(=O)NCc4cccc(Cl)c4)s3)n2)cc1. The Bertz CT molecular complexity index is 1190. The highest BCUT2D eigenvalue weighted by atomic mass is 35.5. The Balaban J connectivity index is 1.43. The fourth-order valence-electron chi connectivity index (χ4n) is 2.87. The monoisotopic (exact) mass is 450 g/mol. The van der Waals surface area contributed by atoms with Crippen LogP contribution in [0.5, 0.6) is 5.75 Å². The molecule has 0 unspecified atom stereocenters. The van der Waals surface area contributed by atoms with Crippen LogP contribution in [0, 0.1) is 0 Å². The Kier molecular flexibility index (Phi) is 6.45. The molecule has 1 amide bonds. The zero-order valence-electron chi connectivity index (χ0n) is 16.6. The molecule has 2 N–H and O–H groups in total. The van der Waals surface area contributed by atoms with Gasteiger partial charge in [0, 0.05) is 23.5 Å². The lowest BCUT2D eigenvalue weighted by atomic mass is 10.2. The summed E-state index contributed by atoms with van der Waals surface area (Å²) >= 11 is 7.37. The number of rotatable bonds is 7. The number of thiophene rings is 1. The summed E-state index contributed by atoms with van der Waals surface area (Å²) in [5, 5.41) is 6.74. The Morgan fingerprint density at radius 3 is 2.71 bits per heavy atom. The molecule has 0 atom stereocenters. The lowest BCUT2D eigenvalue weighted by Crippen LogP contribution is -2.21.